The molecule has 1 fully saturated rings. The number of hydrogen-bond donors (Lipinski definition) is 3. The molecule has 4 rings (SSSR count). The van der Waals surface area contributed by atoms with Crippen LogP contribution in [0.4, 0.5) is 32.0 Å². The molecule has 0 saturated heterocycles. The Bertz CT molecular complexity index is 1360. The molecule has 0 spiro atoms. The number of nitrogens with zero attached hydrogens (tertiary/aromatic N) is 1. The van der Waals surface area contributed by atoms with Crippen LogP contribution in [0.5, 0.6) is 0 Å². The summed E-state index contributed by atoms with van der Waals surface area (Å²) < 4.78 is 106. The maximum atomic E-state index is 13.1. The molecule has 0 radical (unpaired) electrons. The number of aliphatic hydroxyl groups is 1. The number of anilines is 1. The summed E-state index contributed by atoms with van der Waals surface area (Å²) in [4.78, 5) is 26.4. The van der Waals surface area contributed by atoms with Crippen molar-refractivity contribution in [2.45, 2.75) is 61.2 Å². The number of rotatable bonds is 6. The van der Waals surface area contributed by atoms with Gasteiger partial charge in [-0.2, -0.15) is 26.3 Å². The van der Waals surface area contributed by atoms with E-state index < -0.39 is 51.4 Å². The molecule has 2 aliphatic rings. The summed E-state index contributed by atoms with van der Waals surface area (Å²) in [5.74, 6) is -1.36. The molecule has 1 heterocycles. The van der Waals surface area contributed by atoms with Gasteiger partial charge >= 0.3 is 12.4 Å². The van der Waals surface area contributed by atoms with Crippen LogP contribution in [0.25, 0.3) is 0 Å². The van der Waals surface area contributed by atoms with Gasteiger partial charge in [0.05, 0.1) is 4.90 Å². The average molecular weight is 565 g/mol. The Labute approximate surface area is 212 Å². The van der Waals surface area contributed by atoms with Gasteiger partial charge in [0.25, 0.3) is 11.5 Å². The van der Waals surface area contributed by atoms with Crippen LogP contribution in [0.3, 0.4) is 0 Å². The number of carbonyl (C=O) groups is 2. The summed E-state index contributed by atoms with van der Waals surface area (Å²) in [6.07, 6.45) is -10.7. The standard InChI is InChI=1S/C23H21F6N3O5S/c1-12(33)32-11-13-10-17(38(36,37)31-16-6-7-16)8-9-18(13)19(32)20(34)30-15-4-2-14(3-5-15)21(35,22(24,25)26)23(27,28)29/h2-5,8-10,16,19,31,35H,6-7,11H2,1H3,(H,30,34). The number of hydrogen-bond acceptors (Lipinski definition) is 5. The maximum absolute atomic E-state index is 13.1. The number of halogens is 6. The summed E-state index contributed by atoms with van der Waals surface area (Å²) in [7, 11) is -3.81. The molecule has 2 aromatic carbocycles. The molecule has 3 N–H and O–H groups in total. The monoisotopic (exact) mass is 565 g/mol. The molecular weight excluding hydrogens is 544 g/mol. The lowest BCUT2D eigenvalue weighted by Gasteiger charge is -2.32. The normalized spacial score (nSPS) is 18.3. The average Bonchev–Trinajstić information content (AvgIpc) is 3.51. The van der Waals surface area contributed by atoms with Crippen LogP contribution < -0.4 is 10.0 Å². The number of fused-ring (bicyclic) bond motifs is 1. The number of sulfonamides is 1. The van der Waals surface area contributed by atoms with E-state index in [-0.39, 0.29) is 23.2 Å². The molecule has 2 aromatic rings. The molecule has 0 bridgehead atoms. The fourth-order valence-electron chi connectivity index (χ4n) is 4.15. The van der Waals surface area contributed by atoms with Gasteiger partial charge in [0.15, 0.2) is 0 Å². The first-order valence-corrected chi connectivity index (χ1v) is 12.6. The van der Waals surface area contributed by atoms with Crippen LogP contribution in [-0.2, 0) is 31.8 Å². The molecular formula is C23H21F6N3O5S. The fourth-order valence-corrected chi connectivity index (χ4v) is 5.51. The predicted molar refractivity (Wildman–Crippen MR) is 120 cm³/mol. The summed E-state index contributed by atoms with van der Waals surface area (Å²) in [6, 6.07) is 4.88. The Morgan fingerprint density at radius 3 is 2.05 bits per heavy atom. The zero-order chi connectivity index (χ0) is 28.3. The summed E-state index contributed by atoms with van der Waals surface area (Å²) >= 11 is 0. The Morgan fingerprint density at radius 2 is 1.55 bits per heavy atom. The quantitative estimate of drug-likeness (QED) is 0.464. The molecule has 206 valence electrons. The fraction of sp³-hybridized carbons (Fsp3) is 0.391. The third-order valence-corrected chi connectivity index (χ3v) is 7.83. The second-order valence-electron chi connectivity index (χ2n) is 9.08. The Hall–Kier alpha value is -3.17. The van der Waals surface area contributed by atoms with Crippen molar-refractivity contribution < 1.29 is 49.5 Å². The van der Waals surface area contributed by atoms with Gasteiger partial charge in [0.2, 0.25) is 15.9 Å². The number of nitrogens with one attached hydrogen (secondary N) is 2. The highest BCUT2D eigenvalue weighted by molar-refractivity contribution is 7.89. The van der Waals surface area contributed by atoms with Crippen molar-refractivity contribution in [1.29, 1.82) is 0 Å². The van der Waals surface area contributed by atoms with E-state index in [1.807, 2.05) is 0 Å². The van der Waals surface area contributed by atoms with Crippen LogP contribution >= 0.6 is 0 Å². The summed E-state index contributed by atoms with van der Waals surface area (Å²) in [6.45, 7) is 1.08. The van der Waals surface area contributed by atoms with Gasteiger partial charge in [-0.3, -0.25) is 9.59 Å². The van der Waals surface area contributed by atoms with Crippen LogP contribution in [0.15, 0.2) is 47.4 Å². The first-order valence-electron chi connectivity index (χ1n) is 11.2. The molecule has 1 aliphatic heterocycles. The summed E-state index contributed by atoms with van der Waals surface area (Å²) in [5.41, 5.74) is -6.13. The highest BCUT2D eigenvalue weighted by Crippen LogP contribution is 2.50. The lowest BCUT2D eigenvalue weighted by Crippen LogP contribution is -2.53. The van der Waals surface area contributed by atoms with Gasteiger partial charge in [-0.05, 0) is 48.2 Å². The van der Waals surface area contributed by atoms with Crippen molar-refractivity contribution in [2.75, 3.05) is 5.32 Å². The number of benzene rings is 2. The topological polar surface area (TPSA) is 116 Å². The zero-order valence-corrected chi connectivity index (χ0v) is 20.3. The SMILES string of the molecule is CC(=O)N1Cc2cc(S(=O)(=O)NC3CC3)ccc2C1C(=O)Nc1ccc(C(O)(C(F)(F)F)C(F)(F)F)cc1. The Morgan fingerprint density at radius 1 is 0.974 bits per heavy atom. The Kier molecular flexibility index (Phi) is 6.77. The molecule has 1 atom stereocenters. The number of carbonyl (C=O) groups excluding carboxylic acids is 2. The maximum Gasteiger partial charge on any atom is 0.430 e. The number of alkyl halides is 6. The first-order chi connectivity index (χ1) is 17.5. The minimum Gasteiger partial charge on any atom is -0.369 e. The van der Waals surface area contributed by atoms with Crippen molar-refractivity contribution in [3.63, 3.8) is 0 Å². The lowest BCUT2D eigenvalue weighted by molar-refractivity contribution is -0.376. The molecule has 38 heavy (non-hydrogen) atoms. The van der Waals surface area contributed by atoms with Crippen molar-refractivity contribution in [3.8, 4) is 0 Å². The van der Waals surface area contributed by atoms with E-state index in [4.69, 9.17) is 0 Å². The van der Waals surface area contributed by atoms with Crippen molar-refractivity contribution in [3.05, 3.63) is 59.2 Å². The lowest BCUT2D eigenvalue weighted by atomic mass is 9.92. The molecule has 1 aliphatic carbocycles. The van der Waals surface area contributed by atoms with Gasteiger partial charge < -0.3 is 15.3 Å². The van der Waals surface area contributed by atoms with Gasteiger partial charge in [0, 0.05) is 30.8 Å². The van der Waals surface area contributed by atoms with Gasteiger partial charge in [-0.25, -0.2) is 13.1 Å². The smallest absolute Gasteiger partial charge is 0.369 e. The van der Waals surface area contributed by atoms with Crippen molar-refractivity contribution in [1.82, 2.24) is 9.62 Å². The second kappa shape index (κ2) is 9.24. The van der Waals surface area contributed by atoms with E-state index in [0.29, 0.717) is 23.3 Å². The van der Waals surface area contributed by atoms with E-state index in [0.717, 1.165) is 29.9 Å². The van der Waals surface area contributed by atoms with Crippen LogP contribution in [0.1, 0.15) is 42.5 Å². The predicted octanol–water partition coefficient (Wildman–Crippen LogP) is 3.48. The van der Waals surface area contributed by atoms with E-state index in [1.54, 1.807) is 0 Å². The molecule has 0 aromatic heterocycles. The van der Waals surface area contributed by atoms with E-state index in [9.17, 15) is 49.5 Å². The summed E-state index contributed by atoms with van der Waals surface area (Å²) in [5, 5.41) is 11.8. The molecule has 8 nitrogen and oxygen atoms in total. The van der Waals surface area contributed by atoms with Gasteiger partial charge in [-0.15, -0.1) is 0 Å². The third kappa shape index (κ3) is 4.97. The van der Waals surface area contributed by atoms with Gasteiger partial charge in [-0.1, -0.05) is 18.2 Å². The minimum absolute atomic E-state index is 0.0508. The number of amides is 2. The Balaban J connectivity index is 1.59. The van der Waals surface area contributed by atoms with Crippen LogP contribution in [0, 0.1) is 0 Å². The van der Waals surface area contributed by atoms with Crippen molar-refractivity contribution in [2.24, 2.45) is 0 Å². The zero-order valence-electron chi connectivity index (χ0n) is 19.5. The third-order valence-electron chi connectivity index (χ3n) is 6.31. The highest BCUT2D eigenvalue weighted by Gasteiger charge is 2.71. The highest BCUT2D eigenvalue weighted by atomic mass is 32.2. The van der Waals surface area contributed by atoms with E-state index in [1.165, 1.54) is 25.1 Å². The van der Waals surface area contributed by atoms with Crippen LogP contribution in [0.2, 0.25) is 0 Å². The van der Waals surface area contributed by atoms with E-state index in [2.05, 4.69) is 10.0 Å². The van der Waals surface area contributed by atoms with E-state index >= 15 is 0 Å². The largest absolute Gasteiger partial charge is 0.430 e. The molecule has 2 amide bonds. The molecule has 15 heteroatoms. The first kappa shape index (κ1) is 27.9. The van der Waals surface area contributed by atoms with Crippen molar-refractivity contribution >= 4 is 27.5 Å². The van der Waals surface area contributed by atoms with Crippen LogP contribution in [-0.4, -0.2) is 48.6 Å². The van der Waals surface area contributed by atoms with Gasteiger partial charge in [0.1, 0.15) is 6.04 Å². The second-order valence-corrected chi connectivity index (χ2v) is 10.8. The molecule has 1 saturated carbocycles. The molecule has 1 unspecified atom stereocenters. The minimum atomic E-state index is -6.06.